The smallest absolute Gasteiger partial charge is 0.0840 e. The molecule has 9 heavy (non-hydrogen) atoms. The Balaban J connectivity index is -0.0000000771. The summed E-state index contributed by atoms with van der Waals surface area (Å²) >= 11 is 7.89. The van der Waals surface area contributed by atoms with E-state index >= 15 is 0 Å². The van der Waals surface area contributed by atoms with Crippen molar-refractivity contribution in [3.63, 3.8) is 0 Å². The van der Waals surface area contributed by atoms with Gasteiger partial charge in [0, 0.05) is 0 Å². The molecule has 0 fully saturated rings. The van der Waals surface area contributed by atoms with Crippen molar-refractivity contribution in [1.82, 2.24) is 0 Å². The van der Waals surface area contributed by atoms with Crippen molar-refractivity contribution in [1.29, 1.82) is 0 Å². The lowest BCUT2D eigenvalue weighted by Gasteiger charge is -1.75. The van der Waals surface area contributed by atoms with Crippen LogP contribution in [0.3, 0.4) is 0 Å². The van der Waals surface area contributed by atoms with E-state index < -0.39 is 0 Å². The van der Waals surface area contributed by atoms with E-state index in [2.05, 4.69) is 51.2 Å². The van der Waals surface area contributed by atoms with Gasteiger partial charge in [0.25, 0.3) is 0 Å². The van der Waals surface area contributed by atoms with Crippen LogP contribution >= 0.6 is 24.8 Å². The molecule has 0 aromatic rings. The lowest BCUT2D eigenvalue weighted by Crippen LogP contribution is -1.86. The number of rotatable bonds is 1. The molecule has 0 rings (SSSR count). The molecular formula is C6H12OS2. The average Bonchev–Trinajstić information content (AvgIpc) is 1.97. The second kappa shape index (κ2) is 24.8. The molecule has 0 saturated heterocycles. The minimum absolute atomic E-state index is 0.0988. The van der Waals surface area contributed by atoms with Crippen LogP contribution in [0.25, 0.3) is 0 Å². The lowest BCUT2D eigenvalue weighted by atomic mass is 10.9. The SMILES string of the molecule is C=C.C=C.OCC(=S)S. The zero-order valence-corrected chi connectivity index (χ0v) is 7.05. The minimum atomic E-state index is -0.0988. The fourth-order valence-electron chi connectivity index (χ4n) is 0. The topological polar surface area (TPSA) is 20.2 Å². The van der Waals surface area contributed by atoms with Crippen LogP contribution < -0.4 is 0 Å². The maximum absolute atomic E-state index is 7.93. The maximum atomic E-state index is 7.93. The lowest BCUT2D eigenvalue weighted by molar-refractivity contribution is 0.362. The first-order valence-corrected chi connectivity index (χ1v) is 2.95. The van der Waals surface area contributed by atoms with Gasteiger partial charge in [-0.2, -0.15) is 0 Å². The van der Waals surface area contributed by atoms with Gasteiger partial charge in [-0.3, -0.25) is 0 Å². The van der Waals surface area contributed by atoms with Gasteiger partial charge < -0.3 is 5.11 Å². The Kier molecular flexibility index (Phi) is 43.9. The molecular weight excluding hydrogens is 152 g/mol. The summed E-state index contributed by atoms with van der Waals surface area (Å²) in [5.74, 6) is 0. The van der Waals surface area contributed by atoms with Crippen LogP contribution in [-0.4, -0.2) is 15.9 Å². The molecule has 0 unspecified atom stereocenters. The van der Waals surface area contributed by atoms with E-state index in [9.17, 15) is 0 Å². The van der Waals surface area contributed by atoms with E-state index in [-0.39, 0.29) is 6.61 Å². The number of aliphatic hydroxyl groups is 1. The van der Waals surface area contributed by atoms with Crippen LogP contribution in [0.5, 0.6) is 0 Å². The van der Waals surface area contributed by atoms with E-state index in [1.54, 1.807) is 0 Å². The second-order valence-corrected chi connectivity index (χ2v) is 1.89. The Bertz CT molecular complexity index is 62.1. The standard InChI is InChI=1S/C2H4OS2.2C2H4/c3-1-2(4)5;2*1-2/h3H,1H2,(H,4,5);2*1-2H2. The fourth-order valence-corrected chi connectivity index (χ4v) is 0. The summed E-state index contributed by atoms with van der Waals surface area (Å²) in [6.07, 6.45) is 0. The van der Waals surface area contributed by atoms with Crippen molar-refractivity contribution in [3.8, 4) is 0 Å². The molecule has 0 aliphatic heterocycles. The van der Waals surface area contributed by atoms with Crippen molar-refractivity contribution in [2.75, 3.05) is 6.61 Å². The van der Waals surface area contributed by atoms with Crippen LogP contribution in [0.1, 0.15) is 0 Å². The zero-order chi connectivity index (χ0) is 8.28. The van der Waals surface area contributed by atoms with Crippen LogP contribution in [0.4, 0.5) is 0 Å². The van der Waals surface area contributed by atoms with E-state index in [0.717, 1.165) is 0 Å². The molecule has 3 heteroatoms. The molecule has 0 atom stereocenters. The van der Waals surface area contributed by atoms with Gasteiger partial charge in [-0.1, -0.05) is 12.2 Å². The Hall–Kier alpha value is -0.120. The number of thiocarbonyl (C=S) groups is 1. The van der Waals surface area contributed by atoms with E-state index in [0.29, 0.717) is 4.20 Å². The molecule has 0 bridgehead atoms. The van der Waals surface area contributed by atoms with Gasteiger partial charge in [-0.15, -0.1) is 38.9 Å². The Morgan fingerprint density at radius 3 is 1.44 bits per heavy atom. The maximum Gasteiger partial charge on any atom is 0.0840 e. The van der Waals surface area contributed by atoms with Crippen LogP contribution in [0.2, 0.25) is 0 Å². The summed E-state index contributed by atoms with van der Waals surface area (Å²) in [6, 6.07) is 0. The van der Waals surface area contributed by atoms with Crippen molar-refractivity contribution >= 4 is 29.0 Å². The first kappa shape index (κ1) is 15.9. The monoisotopic (exact) mass is 164 g/mol. The average molecular weight is 164 g/mol. The highest BCUT2D eigenvalue weighted by Crippen LogP contribution is 1.76. The van der Waals surface area contributed by atoms with Crippen LogP contribution in [0, 0.1) is 0 Å². The van der Waals surface area contributed by atoms with E-state index in [1.165, 1.54) is 0 Å². The summed E-state index contributed by atoms with van der Waals surface area (Å²) < 4.78 is 0.338. The van der Waals surface area contributed by atoms with Gasteiger partial charge >= 0.3 is 0 Å². The molecule has 0 aromatic carbocycles. The van der Waals surface area contributed by atoms with Gasteiger partial charge in [0.15, 0.2) is 0 Å². The Morgan fingerprint density at radius 1 is 1.33 bits per heavy atom. The summed E-state index contributed by atoms with van der Waals surface area (Å²) in [5.41, 5.74) is 0. The van der Waals surface area contributed by atoms with Gasteiger partial charge in [-0.05, 0) is 0 Å². The zero-order valence-electron chi connectivity index (χ0n) is 5.34. The van der Waals surface area contributed by atoms with Crippen molar-refractivity contribution in [3.05, 3.63) is 26.3 Å². The molecule has 0 radical (unpaired) electrons. The summed E-state index contributed by atoms with van der Waals surface area (Å²) in [4.78, 5) is 0. The third-order valence-electron chi connectivity index (χ3n) is 0.135. The van der Waals surface area contributed by atoms with Gasteiger partial charge in [0.2, 0.25) is 0 Å². The van der Waals surface area contributed by atoms with Crippen molar-refractivity contribution < 1.29 is 5.11 Å². The first-order chi connectivity index (χ1) is 4.27. The van der Waals surface area contributed by atoms with Gasteiger partial charge in [0.1, 0.15) is 0 Å². The first-order valence-electron chi connectivity index (χ1n) is 2.10. The second-order valence-electron chi connectivity index (χ2n) is 0.552. The molecule has 1 nitrogen and oxygen atoms in total. The predicted octanol–water partition coefficient (Wildman–Crippen LogP) is 1.84. The van der Waals surface area contributed by atoms with E-state index in [1.807, 2.05) is 0 Å². The summed E-state index contributed by atoms with van der Waals surface area (Å²) in [6.45, 7) is 11.9. The molecule has 0 spiro atoms. The Morgan fingerprint density at radius 2 is 1.44 bits per heavy atom. The molecule has 0 heterocycles. The highest BCUT2D eigenvalue weighted by molar-refractivity contribution is 8.11. The van der Waals surface area contributed by atoms with Crippen LogP contribution in [0.15, 0.2) is 26.3 Å². The molecule has 0 aromatic heterocycles. The number of hydrogen-bond acceptors (Lipinski definition) is 2. The number of thiol groups is 1. The largest absolute Gasteiger partial charge is 0.390 e. The number of aliphatic hydroxyl groups excluding tert-OH is 1. The molecule has 1 N–H and O–H groups in total. The van der Waals surface area contributed by atoms with Crippen molar-refractivity contribution in [2.45, 2.75) is 0 Å². The number of hydrogen-bond donors (Lipinski definition) is 2. The third kappa shape index (κ3) is 77.1. The molecule has 54 valence electrons. The minimum Gasteiger partial charge on any atom is -0.390 e. The molecule has 0 aliphatic carbocycles. The van der Waals surface area contributed by atoms with Crippen molar-refractivity contribution in [2.24, 2.45) is 0 Å². The normalized spacial score (nSPS) is 5.11. The fraction of sp³-hybridized carbons (Fsp3) is 0.167. The molecule has 0 amide bonds. The summed E-state index contributed by atoms with van der Waals surface area (Å²) in [5, 5.41) is 7.93. The quantitative estimate of drug-likeness (QED) is 0.350. The predicted molar refractivity (Wildman–Crippen MR) is 51.2 cm³/mol. The third-order valence-corrected chi connectivity index (χ3v) is 0.406. The Labute approximate surface area is 67.5 Å². The summed E-state index contributed by atoms with van der Waals surface area (Å²) in [7, 11) is 0. The van der Waals surface area contributed by atoms with Gasteiger partial charge in [-0.25, -0.2) is 0 Å². The highest BCUT2D eigenvalue weighted by Gasteiger charge is 1.73. The molecule has 0 saturated carbocycles. The van der Waals surface area contributed by atoms with E-state index in [4.69, 9.17) is 5.11 Å². The van der Waals surface area contributed by atoms with Gasteiger partial charge in [0.05, 0.1) is 10.8 Å². The highest BCUT2D eigenvalue weighted by atomic mass is 32.1. The van der Waals surface area contributed by atoms with Crippen LogP contribution in [-0.2, 0) is 0 Å². The molecule has 0 aliphatic rings.